The van der Waals surface area contributed by atoms with Crippen LogP contribution in [0.2, 0.25) is 0 Å². The van der Waals surface area contributed by atoms with Gasteiger partial charge in [0.15, 0.2) is 0 Å². The van der Waals surface area contributed by atoms with Gasteiger partial charge in [0.25, 0.3) is 0 Å². The molecule has 0 fully saturated rings. The Morgan fingerprint density at radius 3 is 2.35 bits per heavy atom. The van der Waals surface area contributed by atoms with E-state index in [0.29, 0.717) is 0 Å². The highest BCUT2D eigenvalue weighted by Crippen LogP contribution is 2.15. The molecule has 0 aliphatic rings. The average Bonchev–Trinajstić information content (AvgIpc) is 2.38. The van der Waals surface area contributed by atoms with E-state index < -0.39 is 0 Å². The molecule has 86 valence electrons. The molecule has 0 aliphatic carbocycles. The fourth-order valence-electron chi connectivity index (χ4n) is 1.42. The quantitative estimate of drug-likeness (QED) is 0.749. The molecule has 0 radical (unpaired) electrons. The third-order valence-corrected chi connectivity index (χ3v) is 3.15. The van der Waals surface area contributed by atoms with Gasteiger partial charge in [-0.2, -0.15) is 0 Å². The van der Waals surface area contributed by atoms with Gasteiger partial charge in [-0.3, -0.25) is 0 Å². The first-order valence-corrected chi connectivity index (χ1v) is 6.47. The van der Waals surface area contributed by atoms with Crippen molar-refractivity contribution in [2.75, 3.05) is 0 Å². The molecule has 0 bridgehead atoms. The monoisotopic (exact) mass is 244 g/mol. The van der Waals surface area contributed by atoms with E-state index in [1.165, 1.54) is 17.7 Å². The zero-order valence-corrected chi connectivity index (χ0v) is 10.2. The van der Waals surface area contributed by atoms with Gasteiger partial charge in [0.2, 0.25) is 0 Å². The standard InChI is InChI=1S/C15H13FS/c16-15-8-6-13(7-9-15)10-11-17-12-14-4-2-1-3-5-14/h1-11H,12H2. The highest BCUT2D eigenvalue weighted by molar-refractivity contribution is 8.01. The van der Waals surface area contributed by atoms with Crippen molar-refractivity contribution in [2.24, 2.45) is 0 Å². The zero-order chi connectivity index (χ0) is 11.9. The molecule has 17 heavy (non-hydrogen) atoms. The van der Waals surface area contributed by atoms with Gasteiger partial charge < -0.3 is 0 Å². The maximum Gasteiger partial charge on any atom is 0.123 e. The summed E-state index contributed by atoms with van der Waals surface area (Å²) in [6, 6.07) is 16.8. The zero-order valence-electron chi connectivity index (χ0n) is 9.34. The molecule has 0 amide bonds. The summed E-state index contributed by atoms with van der Waals surface area (Å²) in [6.45, 7) is 0. The smallest absolute Gasteiger partial charge is 0.123 e. The summed E-state index contributed by atoms with van der Waals surface area (Å²) in [4.78, 5) is 0. The van der Waals surface area contributed by atoms with Crippen molar-refractivity contribution in [1.29, 1.82) is 0 Å². The van der Waals surface area contributed by atoms with Crippen molar-refractivity contribution in [3.05, 3.63) is 76.9 Å². The molecule has 0 aliphatic heterocycles. The van der Waals surface area contributed by atoms with E-state index in [2.05, 4.69) is 12.1 Å². The number of halogens is 1. The van der Waals surface area contributed by atoms with Gasteiger partial charge in [-0.25, -0.2) is 4.39 Å². The minimum absolute atomic E-state index is 0.195. The summed E-state index contributed by atoms with van der Waals surface area (Å²) in [5.74, 6) is 0.762. The molecular weight excluding hydrogens is 231 g/mol. The fourth-order valence-corrected chi connectivity index (χ4v) is 2.15. The van der Waals surface area contributed by atoms with E-state index in [-0.39, 0.29) is 5.82 Å². The Kier molecular flexibility index (Phi) is 4.39. The molecule has 0 heterocycles. The first-order valence-electron chi connectivity index (χ1n) is 5.42. The topological polar surface area (TPSA) is 0 Å². The van der Waals surface area contributed by atoms with Crippen LogP contribution in [-0.4, -0.2) is 0 Å². The van der Waals surface area contributed by atoms with E-state index in [1.54, 1.807) is 23.9 Å². The van der Waals surface area contributed by atoms with E-state index in [4.69, 9.17) is 0 Å². The molecule has 0 atom stereocenters. The number of benzene rings is 2. The molecule has 0 spiro atoms. The van der Waals surface area contributed by atoms with Crippen molar-refractivity contribution in [2.45, 2.75) is 5.75 Å². The molecule has 0 N–H and O–H groups in total. The predicted molar refractivity (Wildman–Crippen MR) is 73.2 cm³/mol. The second-order valence-electron chi connectivity index (χ2n) is 3.65. The maximum absolute atomic E-state index is 12.7. The summed E-state index contributed by atoms with van der Waals surface area (Å²) in [5.41, 5.74) is 2.33. The number of hydrogen-bond acceptors (Lipinski definition) is 1. The van der Waals surface area contributed by atoms with Gasteiger partial charge in [-0.05, 0) is 34.7 Å². The van der Waals surface area contributed by atoms with E-state index in [1.807, 2.05) is 29.7 Å². The second kappa shape index (κ2) is 6.26. The molecule has 2 aromatic carbocycles. The van der Waals surface area contributed by atoms with Crippen molar-refractivity contribution in [3.8, 4) is 0 Å². The van der Waals surface area contributed by atoms with Crippen LogP contribution in [0.1, 0.15) is 11.1 Å². The van der Waals surface area contributed by atoms with Gasteiger partial charge in [0.1, 0.15) is 5.82 Å². The summed E-state index contributed by atoms with van der Waals surface area (Å²) < 4.78 is 12.7. The van der Waals surface area contributed by atoms with E-state index in [9.17, 15) is 4.39 Å². The first kappa shape index (κ1) is 11.9. The van der Waals surface area contributed by atoms with Gasteiger partial charge in [0.05, 0.1) is 0 Å². The van der Waals surface area contributed by atoms with Crippen LogP contribution in [0.5, 0.6) is 0 Å². The summed E-state index contributed by atoms with van der Waals surface area (Å²) in [7, 11) is 0. The lowest BCUT2D eigenvalue weighted by Crippen LogP contribution is -1.76. The molecule has 0 aromatic heterocycles. The Hall–Kier alpha value is -1.54. The van der Waals surface area contributed by atoms with Crippen LogP contribution in [0.25, 0.3) is 6.08 Å². The summed E-state index contributed by atoms with van der Waals surface area (Å²) in [6.07, 6.45) is 1.99. The van der Waals surface area contributed by atoms with Crippen LogP contribution in [-0.2, 0) is 5.75 Å². The molecule has 0 saturated carbocycles. The molecule has 0 unspecified atom stereocenters. The van der Waals surface area contributed by atoms with Crippen LogP contribution >= 0.6 is 11.8 Å². The van der Waals surface area contributed by atoms with E-state index >= 15 is 0 Å². The lowest BCUT2D eigenvalue weighted by molar-refractivity contribution is 0.628. The Bertz CT molecular complexity index is 474. The molecule has 2 aromatic rings. The highest BCUT2D eigenvalue weighted by Gasteiger charge is 1.90. The van der Waals surface area contributed by atoms with Crippen molar-refractivity contribution < 1.29 is 4.39 Å². The molecule has 2 rings (SSSR count). The Morgan fingerprint density at radius 1 is 0.941 bits per heavy atom. The minimum atomic E-state index is -0.195. The molecular formula is C15H13FS. The normalized spacial score (nSPS) is 10.9. The van der Waals surface area contributed by atoms with Crippen molar-refractivity contribution in [3.63, 3.8) is 0 Å². The lowest BCUT2D eigenvalue weighted by Gasteiger charge is -1.96. The molecule has 0 saturated heterocycles. The average molecular weight is 244 g/mol. The maximum atomic E-state index is 12.7. The van der Waals surface area contributed by atoms with Crippen LogP contribution in [0.4, 0.5) is 4.39 Å². The van der Waals surface area contributed by atoms with Gasteiger partial charge >= 0.3 is 0 Å². The predicted octanol–water partition coefficient (Wildman–Crippen LogP) is 4.73. The number of thioether (sulfide) groups is 1. The van der Waals surface area contributed by atoms with Gasteiger partial charge in [0, 0.05) is 5.75 Å². The third-order valence-electron chi connectivity index (χ3n) is 2.32. The lowest BCUT2D eigenvalue weighted by atomic mass is 10.2. The Balaban J connectivity index is 1.84. The van der Waals surface area contributed by atoms with Gasteiger partial charge in [-0.1, -0.05) is 42.5 Å². The van der Waals surface area contributed by atoms with Crippen molar-refractivity contribution >= 4 is 17.8 Å². The van der Waals surface area contributed by atoms with Crippen molar-refractivity contribution in [1.82, 2.24) is 0 Å². The van der Waals surface area contributed by atoms with Crippen LogP contribution < -0.4 is 0 Å². The van der Waals surface area contributed by atoms with Crippen LogP contribution in [0.3, 0.4) is 0 Å². The Morgan fingerprint density at radius 2 is 1.65 bits per heavy atom. The second-order valence-corrected chi connectivity index (χ2v) is 4.55. The van der Waals surface area contributed by atoms with E-state index in [0.717, 1.165) is 11.3 Å². The first-order chi connectivity index (χ1) is 8.34. The summed E-state index contributed by atoms with van der Waals surface area (Å²) in [5, 5.41) is 2.04. The number of rotatable bonds is 4. The third kappa shape index (κ3) is 4.08. The SMILES string of the molecule is Fc1ccc(C=CSCc2ccccc2)cc1. The minimum Gasteiger partial charge on any atom is -0.207 e. The largest absolute Gasteiger partial charge is 0.207 e. The molecule has 2 heteroatoms. The highest BCUT2D eigenvalue weighted by atomic mass is 32.2. The number of hydrogen-bond donors (Lipinski definition) is 0. The molecule has 0 nitrogen and oxygen atoms in total. The summed E-state index contributed by atoms with van der Waals surface area (Å²) >= 11 is 1.73. The van der Waals surface area contributed by atoms with Crippen LogP contribution in [0, 0.1) is 5.82 Å². The fraction of sp³-hybridized carbons (Fsp3) is 0.0667. The van der Waals surface area contributed by atoms with Crippen LogP contribution in [0.15, 0.2) is 60.0 Å². The Labute approximate surface area is 105 Å². The van der Waals surface area contributed by atoms with Gasteiger partial charge in [-0.15, -0.1) is 11.8 Å².